The first-order valence-electron chi connectivity index (χ1n) is 6.21. The second kappa shape index (κ2) is 4.53. The lowest BCUT2D eigenvalue weighted by atomic mass is 10.1. The number of para-hydroxylation sites is 1. The van der Waals surface area contributed by atoms with Crippen LogP contribution in [0.15, 0.2) is 29.5 Å². The number of aryl methyl sites for hydroxylation is 2. The van der Waals surface area contributed by atoms with Crippen LogP contribution in [0.4, 0.5) is 5.69 Å². The SMILES string of the molecule is CC1=C(Nc2c(C)cccc2C)C(O)C(C)C1. The molecular weight excluding hydrogens is 210 g/mol. The van der Waals surface area contributed by atoms with Gasteiger partial charge < -0.3 is 10.4 Å². The van der Waals surface area contributed by atoms with Crippen molar-refractivity contribution in [3.63, 3.8) is 0 Å². The predicted octanol–water partition coefficient (Wildman–Crippen LogP) is 3.39. The molecule has 0 aromatic heterocycles. The second-order valence-corrected chi connectivity index (χ2v) is 5.21. The van der Waals surface area contributed by atoms with E-state index in [1.807, 2.05) is 0 Å². The molecule has 92 valence electrons. The molecule has 0 amide bonds. The fraction of sp³-hybridized carbons (Fsp3) is 0.467. The van der Waals surface area contributed by atoms with Gasteiger partial charge in [-0.2, -0.15) is 0 Å². The maximum atomic E-state index is 10.2. The van der Waals surface area contributed by atoms with Crippen LogP contribution >= 0.6 is 0 Å². The minimum absolute atomic E-state index is 0.321. The Morgan fingerprint density at radius 2 is 1.76 bits per heavy atom. The van der Waals surface area contributed by atoms with E-state index in [4.69, 9.17) is 0 Å². The maximum absolute atomic E-state index is 10.2. The molecule has 0 aliphatic heterocycles. The van der Waals surface area contributed by atoms with E-state index in [0.29, 0.717) is 5.92 Å². The summed E-state index contributed by atoms with van der Waals surface area (Å²) < 4.78 is 0. The molecule has 0 spiro atoms. The number of hydrogen-bond donors (Lipinski definition) is 2. The Kier molecular flexibility index (Phi) is 3.25. The third kappa shape index (κ3) is 2.22. The van der Waals surface area contributed by atoms with Crippen LogP contribution in [0.2, 0.25) is 0 Å². The number of aliphatic hydroxyl groups excluding tert-OH is 1. The molecule has 2 heteroatoms. The summed E-state index contributed by atoms with van der Waals surface area (Å²) in [4.78, 5) is 0. The lowest BCUT2D eigenvalue weighted by molar-refractivity contribution is 0.166. The molecule has 2 unspecified atom stereocenters. The van der Waals surface area contributed by atoms with Crippen LogP contribution in [0.3, 0.4) is 0 Å². The van der Waals surface area contributed by atoms with Crippen LogP contribution in [0.25, 0.3) is 0 Å². The second-order valence-electron chi connectivity index (χ2n) is 5.21. The summed E-state index contributed by atoms with van der Waals surface area (Å²) in [7, 11) is 0. The van der Waals surface area contributed by atoms with Crippen molar-refractivity contribution in [1.82, 2.24) is 0 Å². The molecule has 1 aromatic rings. The van der Waals surface area contributed by atoms with Gasteiger partial charge in [0, 0.05) is 11.4 Å². The summed E-state index contributed by atoms with van der Waals surface area (Å²) in [6.07, 6.45) is 0.628. The Hall–Kier alpha value is -1.28. The van der Waals surface area contributed by atoms with Gasteiger partial charge in [-0.3, -0.25) is 0 Å². The highest BCUT2D eigenvalue weighted by Gasteiger charge is 2.28. The van der Waals surface area contributed by atoms with E-state index in [1.54, 1.807) is 0 Å². The molecule has 1 aliphatic carbocycles. The summed E-state index contributed by atoms with van der Waals surface area (Å²) in [5.74, 6) is 0.321. The molecule has 17 heavy (non-hydrogen) atoms. The van der Waals surface area contributed by atoms with Gasteiger partial charge in [0.15, 0.2) is 0 Å². The molecule has 0 saturated carbocycles. The quantitative estimate of drug-likeness (QED) is 0.817. The van der Waals surface area contributed by atoms with Crippen LogP contribution in [0.1, 0.15) is 31.4 Å². The average Bonchev–Trinajstić information content (AvgIpc) is 2.49. The number of anilines is 1. The average molecular weight is 231 g/mol. The Labute approximate surface area is 103 Å². The predicted molar refractivity (Wildman–Crippen MR) is 72.0 cm³/mol. The van der Waals surface area contributed by atoms with Gasteiger partial charge in [-0.1, -0.05) is 30.7 Å². The summed E-state index contributed by atoms with van der Waals surface area (Å²) in [6, 6.07) is 6.25. The summed E-state index contributed by atoms with van der Waals surface area (Å²) in [5.41, 5.74) is 5.84. The van der Waals surface area contributed by atoms with Crippen molar-refractivity contribution in [2.24, 2.45) is 5.92 Å². The van der Waals surface area contributed by atoms with Crippen molar-refractivity contribution in [3.8, 4) is 0 Å². The molecule has 1 aliphatic rings. The van der Waals surface area contributed by atoms with Crippen molar-refractivity contribution in [3.05, 3.63) is 40.6 Å². The fourth-order valence-corrected chi connectivity index (χ4v) is 2.57. The van der Waals surface area contributed by atoms with E-state index in [0.717, 1.165) is 17.8 Å². The van der Waals surface area contributed by atoms with E-state index in [-0.39, 0.29) is 6.10 Å². The monoisotopic (exact) mass is 231 g/mol. The maximum Gasteiger partial charge on any atom is 0.0965 e. The van der Waals surface area contributed by atoms with Crippen molar-refractivity contribution in [2.75, 3.05) is 5.32 Å². The lowest BCUT2D eigenvalue weighted by Crippen LogP contribution is -2.19. The van der Waals surface area contributed by atoms with Gasteiger partial charge in [-0.15, -0.1) is 0 Å². The zero-order chi connectivity index (χ0) is 12.6. The molecule has 0 bridgehead atoms. The molecule has 2 N–H and O–H groups in total. The number of hydrogen-bond acceptors (Lipinski definition) is 2. The van der Waals surface area contributed by atoms with Crippen LogP contribution in [0.5, 0.6) is 0 Å². The Morgan fingerprint density at radius 1 is 1.18 bits per heavy atom. The number of benzene rings is 1. The molecule has 2 rings (SSSR count). The molecule has 0 radical (unpaired) electrons. The Morgan fingerprint density at radius 3 is 2.24 bits per heavy atom. The first kappa shape index (κ1) is 12.2. The van der Waals surface area contributed by atoms with Crippen molar-refractivity contribution < 1.29 is 5.11 Å². The van der Waals surface area contributed by atoms with Crippen molar-refractivity contribution in [2.45, 2.75) is 40.2 Å². The van der Waals surface area contributed by atoms with Crippen molar-refractivity contribution >= 4 is 5.69 Å². The molecular formula is C15H21NO. The van der Waals surface area contributed by atoms with Gasteiger partial charge >= 0.3 is 0 Å². The summed E-state index contributed by atoms with van der Waals surface area (Å²) in [6.45, 7) is 8.38. The van der Waals surface area contributed by atoms with Crippen molar-refractivity contribution in [1.29, 1.82) is 0 Å². The smallest absolute Gasteiger partial charge is 0.0965 e. The number of nitrogens with one attached hydrogen (secondary N) is 1. The summed E-state index contributed by atoms with van der Waals surface area (Å²) in [5, 5.41) is 13.6. The van der Waals surface area contributed by atoms with Gasteiger partial charge in [-0.25, -0.2) is 0 Å². The molecule has 2 nitrogen and oxygen atoms in total. The van der Waals surface area contributed by atoms with Gasteiger partial charge in [0.25, 0.3) is 0 Å². The number of rotatable bonds is 2. The minimum Gasteiger partial charge on any atom is -0.387 e. The molecule has 1 aromatic carbocycles. The molecule has 0 heterocycles. The first-order valence-corrected chi connectivity index (χ1v) is 6.21. The first-order chi connectivity index (χ1) is 8.00. The Bertz CT molecular complexity index is 442. The zero-order valence-corrected chi connectivity index (χ0v) is 11.0. The van der Waals surface area contributed by atoms with E-state index in [1.165, 1.54) is 16.7 Å². The third-order valence-corrected chi connectivity index (χ3v) is 3.66. The van der Waals surface area contributed by atoms with Crippen LogP contribution in [-0.2, 0) is 0 Å². The van der Waals surface area contributed by atoms with Gasteiger partial charge in [-0.05, 0) is 44.2 Å². The highest BCUT2D eigenvalue weighted by atomic mass is 16.3. The highest BCUT2D eigenvalue weighted by Crippen LogP contribution is 2.33. The normalized spacial score (nSPS) is 24.3. The van der Waals surface area contributed by atoms with E-state index < -0.39 is 0 Å². The molecule has 2 atom stereocenters. The van der Waals surface area contributed by atoms with E-state index >= 15 is 0 Å². The zero-order valence-electron chi connectivity index (χ0n) is 11.0. The third-order valence-electron chi connectivity index (χ3n) is 3.66. The van der Waals surface area contributed by atoms with Crippen LogP contribution in [-0.4, -0.2) is 11.2 Å². The highest BCUT2D eigenvalue weighted by molar-refractivity contribution is 5.61. The largest absolute Gasteiger partial charge is 0.387 e. The van der Waals surface area contributed by atoms with Crippen LogP contribution < -0.4 is 5.32 Å². The number of aliphatic hydroxyl groups is 1. The number of allylic oxidation sites excluding steroid dienone is 1. The molecule has 0 fully saturated rings. The van der Waals surface area contributed by atoms with E-state index in [9.17, 15) is 5.11 Å². The van der Waals surface area contributed by atoms with Crippen LogP contribution in [0, 0.1) is 19.8 Å². The Balaban J connectivity index is 2.31. The topological polar surface area (TPSA) is 32.3 Å². The van der Waals surface area contributed by atoms with E-state index in [2.05, 4.69) is 51.2 Å². The molecule has 0 saturated heterocycles. The van der Waals surface area contributed by atoms with Gasteiger partial charge in [0.05, 0.1) is 6.10 Å². The standard InChI is InChI=1S/C15H21NO/c1-9-6-5-7-10(2)13(9)16-14-11(3)8-12(4)15(14)17/h5-7,12,15-17H,8H2,1-4H3. The van der Waals surface area contributed by atoms with Gasteiger partial charge in [0.1, 0.15) is 0 Å². The minimum atomic E-state index is -0.353. The van der Waals surface area contributed by atoms with Gasteiger partial charge in [0.2, 0.25) is 0 Å². The fourth-order valence-electron chi connectivity index (χ4n) is 2.57. The lowest BCUT2D eigenvalue weighted by Gasteiger charge is -2.18. The summed E-state index contributed by atoms with van der Waals surface area (Å²) >= 11 is 0.